The van der Waals surface area contributed by atoms with E-state index in [0.29, 0.717) is 0 Å². The van der Waals surface area contributed by atoms with Gasteiger partial charge in [-0.2, -0.15) is 0 Å². The minimum absolute atomic E-state index is 0.00463. The van der Waals surface area contributed by atoms with Crippen molar-refractivity contribution < 1.29 is 14.3 Å². The van der Waals surface area contributed by atoms with E-state index in [1.165, 1.54) is 13.0 Å². The number of Topliss-reactive ketones (excluding diaryl/α,β-unsaturated/α-hetero) is 1. The Labute approximate surface area is 90.5 Å². The van der Waals surface area contributed by atoms with Gasteiger partial charge in [-0.05, 0) is 13.8 Å². The number of esters is 1. The van der Waals surface area contributed by atoms with Gasteiger partial charge in [-0.15, -0.1) is 0 Å². The number of hydrogen-bond acceptors (Lipinski definition) is 3. The summed E-state index contributed by atoms with van der Waals surface area (Å²) < 4.78 is 4.73. The zero-order valence-electron chi connectivity index (χ0n) is 9.59. The highest BCUT2D eigenvalue weighted by atomic mass is 16.5. The maximum atomic E-state index is 11.3. The molecule has 0 amide bonds. The van der Waals surface area contributed by atoms with E-state index in [-0.39, 0.29) is 23.9 Å². The van der Waals surface area contributed by atoms with Crippen molar-refractivity contribution in [2.75, 3.05) is 6.61 Å². The Balaban J connectivity index is 4.77. The molecule has 0 atom stereocenters. The molecular formula is C12H16O3. The van der Waals surface area contributed by atoms with E-state index in [1.807, 2.05) is 13.8 Å². The average Bonchev–Trinajstić information content (AvgIpc) is 2.11. The molecular weight excluding hydrogens is 192 g/mol. The van der Waals surface area contributed by atoms with Crippen molar-refractivity contribution in [2.45, 2.75) is 27.7 Å². The second kappa shape index (κ2) is 6.83. The number of ketones is 1. The molecule has 3 nitrogen and oxygen atoms in total. The van der Waals surface area contributed by atoms with Gasteiger partial charge >= 0.3 is 5.97 Å². The standard InChI is InChI=1S/C12H16O3/c1-5-15-12(14)11(10(4)13)8-6-7-9(2)3/h8-9H,5H2,1-4H3/b11-8+. The lowest BCUT2D eigenvalue weighted by molar-refractivity contribution is -0.139. The second-order valence-electron chi connectivity index (χ2n) is 3.28. The lowest BCUT2D eigenvalue weighted by atomic mass is 10.1. The SMILES string of the molecule is CCOC(=O)/C(=C/C#CC(C)C)C(C)=O. The van der Waals surface area contributed by atoms with Crippen LogP contribution in [0.1, 0.15) is 27.7 Å². The summed E-state index contributed by atoms with van der Waals surface area (Å²) in [5, 5.41) is 0. The van der Waals surface area contributed by atoms with Gasteiger partial charge in [0.15, 0.2) is 5.78 Å². The molecule has 0 radical (unpaired) electrons. The van der Waals surface area contributed by atoms with Gasteiger partial charge in [0.1, 0.15) is 5.57 Å². The van der Waals surface area contributed by atoms with Crippen LogP contribution >= 0.6 is 0 Å². The molecule has 0 unspecified atom stereocenters. The highest BCUT2D eigenvalue weighted by Gasteiger charge is 2.14. The van der Waals surface area contributed by atoms with E-state index >= 15 is 0 Å². The summed E-state index contributed by atoms with van der Waals surface area (Å²) in [5.41, 5.74) is 0.00463. The van der Waals surface area contributed by atoms with Gasteiger partial charge in [0.05, 0.1) is 6.61 Å². The first-order valence-electron chi connectivity index (χ1n) is 4.88. The minimum atomic E-state index is -0.608. The van der Waals surface area contributed by atoms with Gasteiger partial charge in [-0.1, -0.05) is 25.7 Å². The number of allylic oxidation sites excluding steroid dienone is 1. The van der Waals surface area contributed by atoms with Gasteiger partial charge in [0.25, 0.3) is 0 Å². The monoisotopic (exact) mass is 208 g/mol. The Bertz CT molecular complexity index is 327. The van der Waals surface area contributed by atoms with Crippen LogP contribution in [0.2, 0.25) is 0 Å². The van der Waals surface area contributed by atoms with Crippen molar-refractivity contribution in [3.8, 4) is 11.8 Å². The molecule has 82 valence electrons. The van der Waals surface area contributed by atoms with Crippen LogP contribution in [0.4, 0.5) is 0 Å². The summed E-state index contributed by atoms with van der Waals surface area (Å²) in [6.45, 7) is 7.12. The van der Waals surface area contributed by atoms with Gasteiger partial charge in [-0.25, -0.2) is 4.79 Å². The normalized spacial score (nSPS) is 10.6. The van der Waals surface area contributed by atoms with Crippen LogP contribution in [0, 0.1) is 17.8 Å². The predicted molar refractivity (Wildman–Crippen MR) is 58.0 cm³/mol. The van der Waals surface area contributed by atoms with Crippen molar-refractivity contribution in [1.29, 1.82) is 0 Å². The van der Waals surface area contributed by atoms with Gasteiger partial charge in [-0.3, -0.25) is 4.79 Å². The smallest absolute Gasteiger partial charge is 0.342 e. The number of ether oxygens (including phenoxy) is 1. The lowest BCUT2D eigenvalue weighted by Gasteiger charge is -2.01. The maximum Gasteiger partial charge on any atom is 0.342 e. The van der Waals surface area contributed by atoms with Crippen LogP contribution in [0.3, 0.4) is 0 Å². The summed E-state index contributed by atoms with van der Waals surface area (Å²) in [4.78, 5) is 22.4. The molecule has 3 heteroatoms. The molecule has 0 rings (SSSR count). The molecule has 0 bridgehead atoms. The molecule has 0 fully saturated rings. The molecule has 0 aromatic rings. The average molecular weight is 208 g/mol. The summed E-state index contributed by atoms with van der Waals surface area (Å²) >= 11 is 0. The summed E-state index contributed by atoms with van der Waals surface area (Å²) in [5.74, 6) is 4.78. The van der Waals surface area contributed by atoms with Crippen molar-refractivity contribution in [3.63, 3.8) is 0 Å². The van der Waals surface area contributed by atoms with Crippen LogP contribution in [0.5, 0.6) is 0 Å². The van der Waals surface area contributed by atoms with Crippen LogP contribution in [-0.4, -0.2) is 18.4 Å². The molecule has 0 aliphatic heterocycles. The van der Waals surface area contributed by atoms with Crippen molar-refractivity contribution >= 4 is 11.8 Å². The van der Waals surface area contributed by atoms with Crippen LogP contribution in [0.15, 0.2) is 11.6 Å². The van der Waals surface area contributed by atoms with Gasteiger partial charge in [0.2, 0.25) is 0 Å². The Morgan fingerprint density at radius 3 is 2.40 bits per heavy atom. The summed E-state index contributed by atoms with van der Waals surface area (Å²) in [6, 6.07) is 0. The largest absolute Gasteiger partial charge is 0.462 e. The summed E-state index contributed by atoms with van der Waals surface area (Å²) in [6.07, 6.45) is 1.32. The Kier molecular flexibility index (Phi) is 6.12. The Morgan fingerprint density at radius 1 is 1.40 bits per heavy atom. The molecule has 0 saturated heterocycles. The fraction of sp³-hybridized carbons (Fsp3) is 0.500. The molecule has 0 aromatic heterocycles. The molecule has 0 saturated carbocycles. The van der Waals surface area contributed by atoms with Gasteiger partial charge < -0.3 is 4.74 Å². The number of hydrogen-bond donors (Lipinski definition) is 0. The topological polar surface area (TPSA) is 43.4 Å². The minimum Gasteiger partial charge on any atom is -0.462 e. The number of rotatable bonds is 3. The van der Waals surface area contributed by atoms with E-state index < -0.39 is 5.97 Å². The zero-order chi connectivity index (χ0) is 11.8. The van der Waals surface area contributed by atoms with E-state index in [9.17, 15) is 9.59 Å². The molecule has 0 aliphatic carbocycles. The molecule has 0 spiro atoms. The van der Waals surface area contributed by atoms with Crippen LogP contribution < -0.4 is 0 Å². The molecule has 0 aliphatic rings. The zero-order valence-corrected chi connectivity index (χ0v) is 9.59. The highest BCUT2D eigenvalue weighted by molar-refractivity contribution is 6.16. The number of carbonyl (C=O) groups is 2. The lowest BCUT2D eigenvalue weighted by Crippen LogP contribution is -2.13. The Hall–Kier alpha value is -1.56. The fourth-order valence-corrected chi connectivity index (χ4v) is 0.794. The number of carbonyl (C=O) groups excluding carboxylic acids is 2. The van der Waals surface area contributed by atoms with Crippen molar-refractivity contribution in [3.05, 3.63) is 11.6 Å². The second-order valence-corrected chi connectivity index (χ2v) is 3.28. The third-order valence-corrected chi connectivity index (χ3v) is 1.46. The maximum absolute atomic E-state index is 11.3. The van der Waals surface area contributed by atoms with Crippen molar-refractivity contribution in [1.82, 2.24) is 0 Å². The fourth-order valence-electron chi connectivity index (χ4n) is 0.794. The van der Waals surface area contributed by atoms with Gasteiger partial charge in [0, 0.05) is 12.0 Å². The highest BCUT2D eigenvalue weighted by Crippen LogP contribution is 1.99. The first kappa shape index (κ1) is 13.4. The van der Waals surface area contributed by atoms with E-state index in [0.717, 1.165) is 0 Å². The molecule has 0 aromatic carbocycles. The third kappa shape index (κ3) is 5.69. The molecule has 0 heterocycles. The van der Waals surface area contributed by atoms with E-state index in [2.05, 4.69) is 11.8 Å². The van der Waals surface area contributed by atoms with E-state index in [4.69, 9.17) is 4.74 Å². The first-order chi connectivity index (χ1) is 6.99. The predicted octanol–water partition coefficient (Wildman–Crippen LogP) is 1.72. The summed E-state index contributed by atoms with van der Waals surface area (Å²) in [7, 11) is 0. The Morgan fingerprint density at radius 2 is 2.00 bits per heavy atom. The molecule has 0 N–H and O–H groups in total. The van der Waals surface area contributed by atoms with Crippen LogP contribution in [0.25, 0.3) is 0 Å². The van der Waals surface area contributed by atoms with Crippen molar-refractivity contribution in [2.24, 2.45) is 5.92 Å². The van der Waals surface area contributed by atoms with Crippen LogP contribution in [-0.2, 0) is 14.3 Å². The first-order valence-corrected chi connectivity index (χ1v) is 4.88. The van der Waals surface area contributed by atoms with E-state index in [1.54, 1.807) is 6.92 Å². The third-order valence-electron chi connectivity index (χ3n) is 1.46. The quantitative estimate of drug-likeness (QED) is 0.233. The molecule has 15 heavy (non-hydrogen) atoms.